The molecule has 1 atom stereocenters. The average molecular weight is 495 g/mol. The van der Waals surface area contributed by atoms with E-state index in [1.165, 1.54) is 36.3 Å². The third kappa shape index (κ3) is 3.70. The van der Waals surface area contributed by atoms with Crippen molar-refractivity contribution in [2.45, 2.75) is 6.04 Å². The molecule has 9 heteroatoms. The van der Waals surface area contributed by atoms with Crippen LogP contribution < -0.4 is 9.64 Å². The predicted octanol–water partition coefficient (Wildman–Crippen LogP) is 5.72. The summed E-state index contributed by atoms with van der Waals surface area (Å²) < 4.78 is 19.5. The summed E-state index contributed by atoms with van der Waals surface area (Å²) in [5.74, 6) is -1.90. The third-order valence-corrected chi connectivity index (χ3v) is 6.77. The van der Waals surface area contributed by atoms with Crippen LogP contribution in [-0.4, -0.2) is 28.9 Å². The molecule has 1 aliphatic rings. The number of aromatic nitrogens is 1. The second-order valence-electron chi connectivity index (χ2n) is 7.56. The van der Waals surface area contributed by atoms with E-state index in [0.29, 0.717) is 32.1 Å². The van der Waals surface area contributed by atoms with Crippen molar-refractivity contribution in [2.75, 3.05) is 12.0 Å². The molecular formula is C25H16ClFN2O4S. The number of Topliss-reactive ketones (excluding diaryl/α,β-unsaturated/α-hetero) is 1. The van der Waals surface area contributed by atoms with Gasteiger partial charge in [0, 0.05) is 10.6 Å². The number of rotatable bonds is 4. The van der Waals surface area contributed by atoms with Gasteiger partial charge in [-0.25, -0.2) is 9.37 Å². The summed E-state index contributed by atoms with van der Waals surface area (Å²) >= 11 is 7.17. The molecule has 4 aromatic rings. The summed E-state index contributed by atoms with van der Waals surface area (Å²) in [6.07, 6.45) is 0. The van der Waals surface area contributed by atoms with Gasteiger partial charge in [0.25, 0.3) is 5.78 Å². The van der Waals surface area contributed by atoms with Gasteiger partial charge in [0.05, 0.1) is 28.9 Å². The molecule has 1 aromatic heterocycles. The quantitative estimate of drug-likeness (QED) is 0.223. The highest BCUT2D eigenvalue weighted by Gasteiger charge is 2.48. The van der Waals surface area contributed by atoms with Gasteiger partial charge in [-0.05, 0) is 48.0 Å². The lowest BCUT2D eigenvalue weighted by atomic mass is 9.95. The van der Waals surface area contributed by atoms with E-state index in [1.54, 1.807) is 42.5 Å². The monoisotopic (exact) mass is 494 g/mol. The molecule has 0 bridgehead atoms. The average Bonchev–Trinajstić information content (AvgIpc) is 3.36. The zero-order valence-electron chi connectivity index (χ0n) is 17.7. The van der Waals surface area contributed by atoms with Crippen molar-refractivity contribution in [3.63, 3.8) is 0 Å². The summed E-state index contributed by atoms with van der Waals surface area (Å²) in [5, 5.41) is 11.7. The Kier molecular flexibility index (Phi) is 5.55. The van der Waals surface area contributed by atoms with E-state index in [2.05, 4.69) is 4.98 Å². The van der Waals surface area contributed by atoms with Gasteiger partial charge in [-0.2, -0.15) is 0 Å². The number of thiazole rings is 1. The fourth-order valence-corrected chi connectivity index (χ4v) is 5.12. The number of anilines is 1. The molecule has 0 saturated carbocycles. The first-order valence-electron chi connectivity index (χ1n) is 10.1. The number of fused-ring (bicyclic) bond motifs is 1. The Morgan fingerprint density at radius 1 is 1.12 bits per heavy atom. The zero-order valence-corrected chi connectivity index (χ0v) is 19.2. The molecule has 3 aromatic carbocycles. The van der Waals surface area contributed by atoms with Crippen molar-refractivity contribution in [3.05, 3.63) is 94.3 Å². The van der Waals surface area contributed by atoms with Gasteiger partial charge in [-0.3, -0.25) is 14.5 Å². The van der Waals surface area contributed by atoms with Crippen LogP contribution in [0.3, 0.4) is 0 Å². The third-order valence-electron chi connectivity index (χ3n) is 5.52. The lowest BCUT2D eigenvalue weighted by Crippen LogP contribution is -2.29. The van der Waals surface area contributed by atoms with Gasteiger partial charge in [0.15, 0.2) is 5.13 Å². The molecule has 34 heavy (non-hydrogen) atoms. The second kappa shape index (κ2) is 8.55. The van der Waals surface area contributed by atoms with Gasteiger partial charge in [0.1, 0.15) is 17.3 Å². The number of aliphatic hydroxyl groups excluding tert-OH is 1. The SMILES string of the molecule is COc1ccc(C2/C(=C(\O)c3cccc(Cl)c3)C(=O)C(=O)N2c2nc3ccc(F)cc3s2)cc1. The van der Waals surface area contributed by atoms with Crippen LogP contribution in [0.5, 0.6) is 5.75 Å². The lowest BCUT2D eigenvalue weighted by molar-refractivity contribution is -0.132. The van der Waals surface area contributed by atoms with Crippen molar-refractivity contribution in [2.24, 2.45) is 0 Å². The fraction of sp³-hybridized carbons (Fsp3) is 0.0800. The van der Waals surface area contributed by atoms with E-state index in [0.717, 1.165) is 11.3 Å². The first-order chi connectivity index (χ1) is 16.4. The minimum atomic E-state index is -0.963. The Labute approximate surface area is 202 Å². The summed E-state index contributed by atoms with van der Waals surface area (Å²) in [6.45, 7) is 0. The highest BCUT2D eigenvalue weighted by molar-refractivity contribution is 7.22. The number of carbonyl (C=O) groups excluding carboxylic acids is 2. The summed E-state index contributed by atoms with van der Waals surface area (Å²) in [5.41, 5.74) is 1.26. The number of halogens is 2. The smallest absolute Gasteiger partial charge is 0.301 e. The molecule has 1 amide bonds. The molecule has 1 saturated heterocycles. The van der Waals surface area contributed by atoms with Crippen LogP contribution >= 0.6 is 22.9 Å². The standard InChI is InChI=1S/C25H16ClFN2O4S/c1-33-17-8-5-13(6-9-17)21-20(22(30)14-3-2-4-15(26)11-14)23(31)24(32)29(21)25-28-18-10-7-16(27)12-19(18)34-25/h2-12,21,30H,1H3/b22-20+. The Balaban J connectivity index is 1.73. The van der Waals surface area contributed by atoms with Crippen LogP contribution in [0.15, 0.2) is 72.3 Å². The van der Waals surface area contributed by atoms with Crippen molar-refractivity contribution >= 4 is 55.7 Å². The number of methoxy groups -OCH3 is 1. The summed E-state index contributed by atoms with van der Waals surface area (Å²) in [4.78, 5) is 32.2. The Hall–Kier alpha value is -3.75. The highest BCUT2D eigenvalue weighted by Crippen LogP contribution is 2.44. The van der Waals surface area contributed by atoms with E-state index in [1.807, 2.05) is 0 Å². The number of benzene rings is 3. The Morgan fingerprint density at radius 2 is 1.88 bits per heavy atom. The lowest BCUT2D eigenvalue weighted by Gasteiger charge is -2.23. The maximum atomic E-state index is 13.7. The van der Waals surface area contributed by atoms with Crippen molar-refractivity contribution in [1.29, 1.82) is 0 Å². The molecular weight excluding hydrogens is 479 g/mol. The highest BCUT2D eigenvalue weighted by atomic mass is 35.5. The van der Waals surface area contributed by atoms with Crippen LogP contribution in [0.25, 0.3) is 16.0 Å². The molecule has 5 rings (SSSR count). The predicted molar refractivity (Wildman–Crippen MR) is 129 cm³/mol. The van der Waals surface area contributed by atoms with Gasteiger partial charge in [-0.1, -0.05) is 47.2 Å². The largest absolute Gasteiger partial charge is 0.507 e. The van der Waals surface area contributed by atoms with Crippen molar-refractivity contribution in [1.82, 2.24) is 4.98 Å². The molecule has 0 aliphatic carbocycles. The number of amides is 1. The van der Waals surface area contributed by atoms with E-state index in [-0.39, 0.29) is 16.5 Å². The Morgan fingerprint density at radius 3 is 2.59 bits per heavy atom. The van der Waals surface area contributed by atoms with E-state index in [4.69, 9.17) is 16.3 Å². The molecule has 1 aliphatic heterocycles. The van der Waals surface area contributed by atoms with Crippen LogP contribution in [0.2, 0.25) is 5.02 Å². The minimum Gasteiger partial charge on any atom is -0.507 e. The van der Waals surface area contributed by atoms with Crippen molar-refractivity contribution < 1.29 is 23.8 Å². The molecule has 2 heterocycles. The van der Waals surface area contributed by atoms with Gasteiger partial charge >= 0.3 is 5.91 Å². The van der Waals surface area contributed by atoms with Gasteiger partial charge in [-0.15, -0.1) is 0 Å². The number of carbonyl (C=O) groups is 2. The molecule has 1 unspecified atom stereocenters. The number of hydrogen-bond acceptors (Lipinski definition) is 6. The van der Waals surface area contributed by atoms with E-state index < -0.39 is 23.5 Å². The maximum Gasteiger partial charge on any atom is 0.301 e. The zero-order chi connectivity index (χ0) is 24.0. The number of hydrogen-bond donors (Lipinski definition) is 1. The molecule has 0 radical (unpaired) electrons. The summed E-state index contributed by atoms with van der Waals surface area (Å²) in [6, 6.07) is 16.3. The fourth-order valence-electron chi connectivity index (χ4n) is 3.91. The first kappa shape index (κ1) is 22.1. The van der Waals surface area contributed by atoms with Gasteiger partial charge < -0.3 is 9.84 Å². The van der Waals surface area contributed by atoms with Crippen LogP contribution in [0.4, 0.5) is 9.52 Å². The first-order valence-corrected chi connectivity index (χ1v) is 11.3. The summed E-state index contributed by atoms with van der Waals surface area (Å²) in [7, 11) is 1.53. The molecule has 6 nitrogen and oxygen atoms in total. The maximum absolute atomic E-state index is 13.7. The number of ether oxygens (including phenoxy) is 1. The normalized spacial score (nSPS) is 17.5. The van der Waals surface area contributed by atoms with Gasteiger partial charge in [0.2, 0.25) is 0 Å². The van der Waals surface area contributed by atoms with E-state index >= 15 is 0 Å². The number of aliphatic hydroxyl groups is 1. The second-order valence-corrected chi connectivity index (χ2v) is 9.01. The molecule has 0 spiro atoms. The molecule has 170 valence electrons. The van der Waals surface area contributed by atoms with Crippen LogP contribution in [0, 0.1) is 5.82 Å². The molecule has 1 fully saturated rings. The topological polar surface area (TPSA) is 79.7 Å². The van der Waals surface area contributed by atoms with Crippen LogP contribution in [-0.2, 0) is 9.59 Å². The van der Waals surface area contributed by atoms with Crippen molar-refractivity contribution in [3.8, 4) is 5.75 Å². The number of nitrogens with zero attached hydrogens (tertiary/aromatic N) is 2. The number of ketones is 1. The van der Waals surface area contributed by atoms with E-state index in [9.17, 15) is 19.1 Å². The minimum absolute atomic E-state index is 0.0946. The van der Waals surface area contributed by atoms with Crippen LogP contribution in [0.1, 0.15) is 17.2 Å². The molecule has 1 N–H and O–H groups in total. The Bertz CT molecular complexity index is 1480.